The van der Waals surface area contributed by atoms with Crippen molar-refractivity contribution in [2.75, 3.05) is 6.61 Å². The van der Waals surface area contributed by atoms with E-state index in [2.05, 4.69) is 17.4 Å². The van der Waals surface area contributed by atoms with Crippen LogP contribution < -0.4 is 4.74 Å². The lowest BCUT2D eigenvalue weighted by atomic mass is 9.71. The Hall–Kier alpha value is -2.60. The van der Waals surface area contributed by atoms with E-state index in [1.165, 1.54) is 0 Å². The first-order valence-corrected chi connectivity index (χ1v) is 9.73. The highest BCUT2D eigenvalue weighted by molar-refractivity contribution is 5.92. The zero-order valence-corrected chi connectivity index (χ0v) is 17.0. The SMILES string of the molecule is CCOc1cc2nn(C3CC(C(C)(C)O)C3)cc2cc1/C=C/C=C\C(C)=N\O. The maximum atomic E-state index is 10.1. The van der Waals surface area contributed by atoms with Crippen LogP contribution in [0.15, 0.2) is 41.7 Å². The van der Waals surface area contributed by atoms with E-state index in [-0.39, 0.29) is 0 Å². The monoisotopic (exact) mass is 383 g/mol. The molecule has 6 heteroatoms. The molecular weight excluding hydrogens is 354 g/mol. The molecule has 28 heavy (non-hydrogen) atoms. The van der Waals surface area contributed by atoms with Crippen molar-refractivity contribution in [1.82, 2.24) is 9.78 Å². The van der Waals surface area contributed by atoms with E-state index >= 15 is 0 Å². The number of hydrogen-bond acceptors (Lipinski definition) is 5. The highest BCUT2D eigenvalue weighted by Gasteiger charge is 2.40. The van der Waals surface area contributed by atoms with Gasteiger partial charge in [-0.25, -0.2) is 0 Å². The number of allylic oxidation sites excluding steroid dienone is 3. The van der Waals surface area contributed by atoms with Gasteiger partial charge in [0.15, 0.2) is 0 Å². The first kappa shape index (κ1) is 20.1. The molecule has 1 aliphatic carbocycles. The molecule has 3 rings (SSSR count). The maximum Gasteiger partial charge on any atom is 0.128 e. The Balaban J connectivity index is 1.83. The summed E-state index contributed by atoms with van der Waals surface area (Å²) in [5.74, 6) is 1.11. The van der Waals surface area contributed by atoms with Crippen LogP contribution in [-0.4, -0.2) is 38.0 Å². The minimum atomic E-state index is -0.629. The highest BCUT2D eigenvalue weighted by atomic mass is 16.5. The van der Waals surface area contributed by atoms with Crippen LogP contribution in [0.3, 0.4) is 0 Å². The summed E-state index contributed by atoms with van der Waals surface area (Å²) in [7, 11) is 0. The third-order valence-corrected chi connectivity index (χ3v) is 5.32. The second-order valence-electron chi connectivity index (χ2n) is 7.93. The molecule has 0 spiro atoms. The van der Waals surface area contributed by atoms with E-state index < -0.39 is 5.60 Å². The Kier molecular flexibility index (Phi) is 5.89. The first-order valence-electron chi connectivity index (χ1n) is 9.73. The summed E-state index contributed by atoms with van der Waals surface area (Å²) in [5.41, 5.74) is 1.79. The topological polar surface area (TPSA) is 79.9 Å². The van der Waals surface area contributed by atoms with Crippen LogP contribution >= 0.6 is 0 Å². The Morgan fingerprint density at radius 3 is 2.75 bits per heavy atom. The molecule has 0 amide bonds. The fraction of sp³-hybridized carbons (Fsp3) is 0.455. The van der Waals surface area contributed by atoms with Crippen LogP contribution in [0.25, 0.3) is 17.0 Å². The minimum Gasteiger partial charge on any atom is -0.493 e. The molecule has 0 bridgehead atoms. The van der Waals surface area contributed by atoms with Crippen LogP contribution in [0.4, 0.5) is 0 Å². The molecule has 1 aromatic heterocycles. The van der Waals surface area contributed by atoms with Crippen LogP contribution in [0.1, 0.15) is 52.1 Å². The van der Waals surface area contributed by atoms with Gasteiger partial charge in [-0.05, 0) is 58.6 Å². The number of rotatable bonds is 7. The van der Waals surface area contributed by atoms with Gasteiger partial charge >= 0.3 is 0 Å². The van der Waals surface area contributed by atoms with Gasteiger partial charge in [-0.2, -0.15) is 5.10 Å². The standard InChI is InChI=1S/C22H29N3O3/c1-5-28-21-13-20-17(10-16(21)9-7-6-8-15(2)24-27)14-25(23-20)19-11-18(12-19)22(3,4)26/h6-10,13-14,18-19,26-27H,5,11-12H2,1-4H3/b8-6-,9-7+,24-15+. The normalized spacial score (nSPS) is 21.0. The summed E-state index contributed by atoms with van der Waals surface area (Å²) < 4.78 is 7.82. The average molecular weight is 383 g/mol. The summed E-state index contributed by atoms with van der Waals surface area (Å²) >= 11 is 0. The van der Waals surface area contributed by atoms with Crippen LogP contribution in [0.2, 0.25) is 0 Å². The molecule has 0 aliphatic heterocycles. The number of aromatic nitrogens is 2. The molecule has 6 nitrogen and oxygen atoms in total. The molecule has 150 valence electrons. The van der Waals surface area contributed by atoms with Gasteiger partial charge in [0.25, 0.3) is 0 Å². The van der Waals surface area contributed by atoms with E-state index in [0.717, 1.165) is 35.1 Å². The van der Waals surface area contributed by atoms with Gasteiger partial charge in [0.2, 0.25) is 0 Å². The van der Waals surface area contributed by atoms with Crippen LogP contribution in [-0.2, 0) is 0 Å². The lowest BCUT2D eigenvalue weighted by molar-refractivity contribution is -0.0412. The number of ether oxygens (including phenoxy) is 1. The summed E-state index contributed by atoms with van der Waals surface area (Å²) in [5, 5.41) is 27.8. The summed E-state index contributed by atoms with van der Waals surface area (Å²) in [6, 6.07) is 4.39. The van der Waals surface area contributed by atoms with Gasteiger partial charge < -0.3 is 15.1 Å². The molecular formula is C22H29N3O3. The lowest BCUT2D eigenvalue weighted by Gasteiger charge is -2.42. The number of benzene rings is 1. The second kappa shape index (κ2) is 8.19. The zero-order valence-electron chi connectivity index (χ0n) is 17.0. The third kappa shape index (κ3) is 4.44. The minimum absolute atomic E-state index is 0.319. The molecule has 1 fully saturated rings. The molecule has 0 saturated heterocycles. The fourth-order valence-electron chi connectivity index (χ4n) is 3.46. The molecule has 1 aliphatic rings. The van der Waals surface area contributed by atoms with Gasteiger partial charge in [0, 0.05) is 23.2 Å². The molecule has 0 unspecified atom stereocenters. The summed E-state index contributed by atoms with van der Waals surface area (Å²) in [6.45, 7) is 8.02. The Morgan fingerprint density at radius 2 is 2.11 bits per heavy atom. The van der Waals surface area contributed by atoms with Crippen molar-refractivity contribution in [3.05, 3.63) is 42.1 Å². The van der Waals surface area contributed by atoms with Crippen molar-refractivity contribution >= 4 is 22.7 Å². The number of hydrogen-bond donors (Lipinski definition) is 2. The van der Waals surface area contributed by atoms with Crippen molar-refractivity contribution in [3.8, 4) is 5.75 Å². The molecule has 0 atom stereocenters. The number of oxime groups is 1. The Labute approximate surface area is 165 Å². The predicted molar refractivity (Wildman–Crippen MR) is 112 cm³/mol. The third-order valence-electron chi connectivity index (χ3n) is 5.32. The quantitative estimate of drug-likeness (QED) is 0.317. The van der Waals surface area contributed by atoms with Gasteiger partial charge in [0.1, 0.15) is 5.75 Å². The fourth-order valence-corrected chi connectivity index (χ4v) is 3.46. The van der Waals surface area contributed by atoms with Crippen molar-refractivity contribution in [1.29, 1.82) is 0 Å². The molecule has 1 aromatic carbocycles. The van der Waals surface area contributed by atoms with Gasteiger partial charge in [0.05, 0.1) is 29.5 Å². The Bertz CT molecular complexity index is 913. The van der Waals surface area contributed by atoms with Crippen LogP contribution in [0, 0.1) is 5.92 Å². The van der Waals surface area contributed by atoms with Gasteiger partial charge in [-0.3, -0.25) is 4.68 Å². The highest BCUT2D eigenvalue weighted by Crippen LogP contribution is 2.44. The van der Waals surface area contributed by atoms with E-state index in [9.17, 15) is 5.11 Å². The van der Waals surface area contributed by atoms with Crippen LogP contribution in [0.5, 0.6) is 5.75 Å². The van der Waals surface area contributed by atoms with Gasteiger partial charge in [-0.1, -0.05) is 23.4 Å². The zero-order chi connectivity index (χ0) is 20.3. The van der Waals surface area contributed by atoms with Crippen molar-refractivity contribution in [2.45, 2.75) is 52.2 Å². The Morgan fingerprint density at radius 1 is 1.36 bits per heavy atom. The first-order chi connectivity index (χ1) is 13.3. The average Bonchev–Trinajstić information content (AvgIpc) is 2.98. The number of fused-ring (bicyclic) bond motifs is 1. The van der Waals surface area contributed by atoms with E-state index in [1.54, 1.807) is 13.0 Å². The lowest BCUT2D eigenvalue weighted by Crippen LogP contribution is -2.41. The largest absolute Gasteiger partial charge is 0.493 e. The molecule has 2 N–H and O–H groups in total. The molecule has 1 heterocycles. The van der Waals surface area contributed by atoms with Gasteiger partial charge in [-0.15, -0.1) is 0 Å². The molecule has 1 saturated carbocycles. The summed E-state index contributed by atoms with van der Waals surface area (Å²) in [6.07, 6.45) is 11.4. The second-order valence-corrected chi connectivity index (χ2v) is 7.93. The van der Waals surface area contributed by atoms with E-state index in [4.69, 9.17) is 15.0 Å². The molecule has 0 radical (unpaired) electrons. The van der Waals surface area contributed by atoms with Crippen molar-refractivity contribution in [2.24, 2.45) is 11.1 Å². The number of nitrogens with zero attached hydrogens (tertiary/aromatic N) is 3. The maximum absolute atomic E-state index is 10.1. The molecule has 2 aromatic rings. The van der Waals surface area contributed by atoms with Crippen molar-refractivity contribution in [3.63, 3.8) is 0 Å². The van der Waals surface area contributed by atoms with E-state index in [0.29, 0.717) is 24.3 Å². The predicted octanol–water partition coefficient (Wildman–Crippen LogP) is 4.58. The van der Waals surface area contributed by atoms with E-state index in [1.807, 2.05) is 49.7 Å². The number of aliphatic hydroxyl groups is 1. The van der Waals surface area contributed by atoms with Crippen molar-refractivity contribution < 1.29 is 15.1 Å². The smallest absolute Gasteiger partial charge is 0.128 e. The summed E-state index contributed by atoms with van der Waals surface area (Å²) in [4.78, 5) is 0.